The number of esters is 1. The maximum Gasteiger partial charge on any atom is 0.307 e. The minimum atomic E-state index is -0.242. The first-order chi connectivity index (χ1) is 9.06. The number of methoxy groups -OCH3 is 1. The molecule has 0 aliphatic carbocycles. The van der Waals surface area contributed by atoms with Crippen molar-refractivity contribution < 1.29 is 9.53 Å². The smallest absolute Gasteiger partial charge is 0.307 e. The van der Waals surface area contributed by atoms with E-state index in [1.807, 2.05) is 6.92 Å². The summed E-state index contributed by atoms with van der Waals surface area (Å²) in [6.45, 7) is 5.16. The van der Waals surface area contributed by atoms with Crippen LogP contribution in [0.1, 0.15) is 22.0 Å². The van der Waals surface area contributed by atoms with Crippen LogP contribution in [-0.2, 0) is 16.1 Å². The third-order valence-corrected chi connectivity index (χ3v) is 3.63. The predicted molar refractivity (Wildman–Crippen MR) is 91.8 cm³/mol. The average molecular weight is 412 g/mol. The van der Waals surface area contributed by atoms with E-state index in [0.717, 1.165) is 10.7 Å². The molecule has 1 heterocycles. The summed E-state index contributed by atoms with van der Waals surface area (Å²) in [5, 5.41) is 7.21. The molecule has 0 bridgehead atoms. The van der Waals surface area contributed by atoms with E-state index in [2.05, 4.69) is 32.3 Å². The summed E-state index contributed by atoms with van der Waals surface area (Å²) in [7, 11) is 3.06. The van der Waals surface area contributed by atoms with Crippen molar-refractivity contribution in [2.24, 2.45) is 4.99 Å². The highest BCUT2D eigenvalue weighted by Crippen LogP contribution is 2.15. The van der Waals surface area contributed by atoms with Crippen molar-refractivity contribution in [3.63, 3.8) is 0 Å². The SMILES string of the molecule is CN=C(NCCC(=O)OC)NCc1nc(C)c(C)s1.I. The van der Waals surface area contributed by atoms with Crippen LogP contribution in [0.25, 0.3) is 0 Å². The lowest BCUT2D eigenvalue weighted by molar-refractivity contribution is -0.140. The summed E-state index contributed by atoms with van der Waals surface area (Å²) >= 11 is 1.67. The molecule has 0 aliphatic heterocycles. The zero-order valence-corrected chi connectivity index (χ0v) is 15.3. The molecule has 0 radical (unpaired) electrons. The van der Waals surface area contributed by atoms with Gasteiger partial charge in [0.25, 0.3) is 0 Å². The van der Waals surface area contributed by atoms with Crippen molar-refractivity contribution in [2.75, 3.05) is 20.7 Å². The van der Waals surface area contributed by atoms with Crippen LogP contribution in [0.4, 0.5) is 0 Å². The highest BCUT2D eigenvalue weighted by atomic mass is 127. The molecule has 8 heteroatoms. The molecule has 0 aromatic carbocycles. The molecule has 0 fully saturated rings. The first kappa shape index (κ1) is 19.1. The summed E-state index contributed by atoms with van der Waals surface area (Å²) in [5.74, 6) is 0.406. The quantitative estimate of drug-likeness (QED) is 0.333. The van der Waals surface area contributed by atoms with E-state index in [4.69, 9.17) is 0 Å². The maximum atomic E-state index is 11.0. The fraction of sp³-hybridized carbons (Fsp3) is 0.583. The van der Waals surface area contributed by atoms with Crippen LogP contribution in [-0.4, -0.2) is 37.6 Å². The molecule has 0 aliphatic rings. The van der Waals surface area contributed by atoms with Gasteiger partial charge in [-0.15, -0.1) is 35.3 Å². The van der Waals surface area contributed by atoms with Crippen LogP contribution in [0.15, 0.2) is 4.99 Å². The molecule has 0 amide bonds. The van der Waals surface area contributed by atoms with Gasteiger partial charge in [0.1, 0.15) is 5.01 Å². The van der Waals surface area contributed by atoms with Gasteiger partial charge in [-0.25, -0.2) is 4.98 Å². The lowest BCUT2D eigenvalue weighted by Crippen LogP contribution is -2.37. The molecule has 0 saturated carbocycles. The number of nitrogens with zero attached hydrogens (tertiary/aromatic N) is 2. The first-order valence-corrected chi connectivity index (χ1v) is 6.82. The van der Waals surface area contributed by atoms with E-state index in [-0.39, 0.29) is 29.9 Å². The largest absolute Gasteiger partial charge is 0.469 e. The van der Waals surface area contributed by atoms with Crippen LogP contribution < -0.4 is 10.6 Å². The third-order valence-electron chi connectivity index (χ3n) is 2.55. The third kappa shape index (κ3) is 6.51. The minimum absolute atomic E-state index is 0. The van der Waals surface area contributed by atoms with Crippen LogP contribution in [0.2, 0.25) is 0 Å². The fourth-order valence-corrected chi connectivity index (χ4v) is 2.25. The lowest BCUT2D eigenvalue weighted by atomic mass is 10.4. The number of nitrogens with one attached hydrogen (secondary N) is 2. The highest BCUT2D eigenvalue weighted by Gasteiger charge is 2.05. The number of rotatable bonds is 5. The molecule has 1 rings (SSSR count). The van der Waals surface area contributed by atoms with Gasteiger partial charge in [-0.1, -0.05) is 0 Å². The summed E-state index contributed by atoms with van der Waals surface area (Å²) in [4.78, 5) is 20.7. The van der Waals surface area contributed by atoms with Crippen molar-refractivity contribution in [1.29, 1.82) is 0 Å². The molecule has 2 N–H and O–H groups in total. The van der Waals surface area contributed by atoms with Gasteiger partial charge in [-0.2, -0.15) is 0 Å². The Morgan fingerprint density at radius 1 is 1.40 bits per heavy atom. The summed E-state index contributed by atoms with van der Waals surface area (Å²) in [5.41, 5.74) is 1.07. The standard InChI is InChI=1S/C12H20N4O2S.HI/c1-8-9(2)19-10(16-8)7-15-12(13-3)14-6-5-11(17)18-4;/h5-7H2,1-4H3,(H2,13,14,15);1H. The van der Waals surface area contributed by atoms with Gasteiger partial charge in [0.2, 0.25) is 0 Å². The van der Waals surface area contributed by atoms with Crippen molar-refractivity contribution in [2.45, 2.75) is 26.8 Å². The number of halogens is 1. The number of carbonyl (C=O) groups excluding carboxylic acids is 1. The Kier molecular flexibility index (Phi) is 9.47. The normalized spacial score (nSPS) is 10.7. The number of ether oxygens (including phenoxy) is 1. The fourth-order valence-electron chi connectivity index (χ4n) is 1.38. The molecule has 1 aromatic rings. The highest BCUT2D eigenvalue weighted by molar-refractivity contribution is 14.0. The average Bonchev–Trinajstić information content (AvgIpc) is 2.72. The molecule has 1 aromatic heterocycles. The van der Waals surface area contributed by atoms with E-state index >= 15 is 0 Å². The van der Waals surface area contributed by atoms with Crippen molar-refractivity contribution >= 4 is 47.2 Å². The second-order valence-corrected chi connectivity index (χ2v) is 5.22. The van der Waals surface area contributed by atoms with Gasteiger partial charge >= 0.3 is 5.97 Å². The minimum Gasteiger partial charge on any atom is -0.469 e. The Hall–Kier alpha value is -0.900. The lowest BCUT2D eigenvalue weighted by Gasteiger charge is -2.10. The van der Waals surface area contributed by atoms with Gasteiger partial charge in [0.15, 0.2) is 5.96 Å². The summed E-state index contributed by atoms with van der Waals surface area (Å²) < 4.78 is 4.56. The second-order valence-electron chi connectivity index (χ2n) is 3.93. The molecular weight excluding hydrogens is 391 g/mol. The Morgan fingerprint density at radius 3 is 2.60 bits per heavy atom. The van der Waals surface area contributed by atoms with Gasteiger partial charge in [0.05, 0.1) is 25.8 Å². The van der Waals surface area contributed by atoms with Crippen LogP contribution >= 0.6 is 35.3 Å². The van der Waals surface area contributed by atoms with E-state index in [1.165, 1.54) is 12.0 Å². The summed E-state index contributed by atoms with van der Waals surface area (Å²) in [6, 6.07) is 0. The molecule has 0 atom stereocenters. The topological polar surface area (TPSA) is 75.6 Å². The van der Waals surface area contributed by atoms with E-state index in [1.54, 1.807) is 18.4 Å². The molecule has 0 spiro atoms. The Bertz CT molecular complexity index is 443. The summed E-state index contributed by atoms with van der Waals surface area (Å²) in [6.07, 6.45) is 0.312. The van der Waals surface area contributed by atoms with Crippen molar-refractivity contribution in [3.05, 3.63) is 15.6 Å². The Balaban J connectivity index is 0.00000361. The van der Waals surface area contributed by atoms with E-state index < -0.39 is 0 Å². The molecule has 0 unspecified atom stereocenters. The second kappa shape index (κ2) is 9.92. The number of carbonyl (C=O) groups is 1. The van der Waals surface area contributed by atoms with E-state index in [0.29, 0.717) is 25.5 Å². The number of hydrogen-bond donors (Lipinski definition) is 2. The van der Waals surface area contributed by atoms with E-state index in [9.17, 15) is 4.79 Å². The van der Waals surface area contributed by atoms with Gasteiger partial charge in [-0.05, 0) is 13.8 Å². The maximum absolute atomic E-state index is 11.0. The Morgan fingerprint density at radius 2 is 2.10 bits per heavy atom. The number of aliphatic imine (C=N–C) groups is 1. The van der Waals surface area contributed by atoms with Gasteiger partial charge in [-0.3, -0.25) is 9.79 Å². The van der Waals surface area contributed by atoms with Crippen LogP contribution in [0.5, 0.6) is 0 Å². The molecule has 20 heavy (non-hydrogen) atoms. The van der Waals surface area contributed by atoms with Gasteiger partial charge < -0.3 is 15.4 Å². The molecule has 0 saturated heterocycles. The molecular formula is C12H21IN4O2S. The zero-order valence-electron chi connectivity index (χ0n) is 12.1. The number of aryl methyl sites for hydroxylation is 2. The molecule has 6 nitrogen and oxygen atoms in total. The number of thiazole rings is 1. The van der Waals surface area contributed by atoms with Crippen LogP contribution in [0.3, 0.4) is 0 Å². The zero-order chi connectivity index (χ0) is 14.3. The van der Waals surface area contributed by atoms with Gasteiger partial charge in [0, 0.05) is 18.5 Å². The molecule has 114 valence electrons. The van der Waals surface area contributed by atoms with Crippen LogP contribution in [0, 0.1) is 13.8 Å². The predicted octanol–water partition coefficient (Wildman–Crippen LogP) is 1.61. The number of hydrogen-bond acceptors (Lipinski definition) is 5. The monoisotopic (exact) mass is 412 g/mol. The Labute approximate surface area is 140 Å². The number of aromatic nitrogens is 1. The first-order valence-electron chi connectivity index (χ1n) is 6.01. The van der Waals surface area contributed by atoms with Crippen molar-refractivity contribution in [1.82, 2.24) is 15.6 Å². The van der Waals surface area contributed by atoms with Crippen molar-refractivity contribution in [3.8, 4) is 0 Å². The number of guanidine groups is 1.